The van der Waals surface area contributed by atoms with Gasteiger partial charge in [-0.05, 0) is 31.0 Å². The van der Waals surface area contributed by atoms with Crippen LogP contribution in [0.15, 0.2) is 24.3 Å². The predicted molar refractivity (Wildman–Crippen MR) is 73.4 cm³/mol. The van der Waals surface area contributed by atoms with Crippen molar-refractivity contribution >= 4 is 5.91 Å². The Bertz CT molecular complexity index is 439. The maximum absolute atomic E-state index is 12.0. The Morgan fingerprint density at radius 1 is 1.37 bits per heavy atom. The predicted octanol–water partition coefficient (Wildman–Crippen LogP) is 2.12. The summed E-state index contributed by atoms with van der Waals surface area (Å²) in [5, 5.41) is 13.1. The molecule has 0 aromatic heterocycles. The molecule has 1 saturated carbocycles. The summed E-state index contributed by atoms with van der Waals surface area (Å²) in [5.74, 6) is 0.488. The molecule has 0 spiro atoms. The molecule has 1 amide bonds. The highest BCUT2D eigenvalue weighted by Crippen LogP contribution is 2.27. The van der Waals surface area contributed by atoms with Crippen molar-refractivity contribution in [1.82, 2.24) is 5.32 Å². The van der Waals surface area contributed by atoms with Crippen LogP contribution in [0.2, 0.25) is 0 Å². The van der Waals surface area contributed by atoms with Crippen molar-refractivity contribution in [2.24, 2.45) is 0 Å². The topological polar surface area (TPSA) is 58.6 Å². The third kappa shape index (κ3) is 3.70. The van der Waals surface area contributed by atoms with Crippen LogP contribution in [0.3, 0.4) is 0 Å². The number of hydrogen-bond acceptors (Lipinski definition) is 3. The van der Waals surface area contributed by atoms with Crippen molar-refractivity contribution in [3.05, 3.63) is 29.8 Å². The second-order valence-corrected chi connectivity index (χ2v) is 5.20. The Morgan fingerprint density at radius 3 is 2.79 bits per heavy atom. The summed E-state index contributed by atoms with van der Waals surface area (Å²) >= 11 is 0. The fourth-order valence-corrected chi connectivity index (χ4v) is 2.50. The van der Waals surface area contributed by atoms with Gasteiger partial charge in [0.05, 0.1) is 12.7 Å². The van der Waals surface area contributed by atoms with Crippen LogP contribution >= 0.6 is 0 Å². The number of carbonyl (C=O) groups is 1. The van der Waals surface area contributed by atoms with Crippen molar-refractivity contribution in [3.8, 4) is 5.75 Å². The molecule has 0 saturated heterocycles. The van der Waals surface area contributed by atoms with Gasteiger partial charge in [0.1, 0.15) is 5.75 Å². The van der Waals surface area contributed by atoms with E-state index in [4.69, 9.17) is 4.74 Å². The first-order valence-corrected chi connectivity index (χ1v) is 6.78. The Hall–Kier alpha value is -1.55. The Morgan fingerprint density at radius 2 is 2.11 bits per heavy atom. The van der Waals surface area contributed by atoms with Crippen LogP contribution in [0.1, 0.15) is 42.5 Å². The van der Waals surface area contributed by atoms with E-state index in [1.807, 2.05) is 0 Å². The third-order valence-corrected chi connectivity index (χ3v) is 3.69. The minimum atomic E-state index is -0.729. The number of benzene rings is 1. The Kier molecular flexibility index (Phi) is 4.43. The van der Waals surface area contributed by atoms with E-state index >= 15 is 0 Å². The summed E-state index contributed by atoms with van der Waals surface area (Å²) in [5.41, 5.74) is -0.175. The number of amides is 1. The molecule has 4 nitrogen and oxygen atoms in total. The molecule has 2 N–H and O–H groups in total. The summed E-state index contributed by atoms with van der Waals surface area (Å²) in [4.78, 5) is 12.0. The molecule has 0 aliphatic heterocycles. The molecule has 0 atom stereocenters. The number of hydrogen-bond donors (Lipinski definition) is 2. The molecular weight excluding hydrogens is 242 g/mol. The molecule has 1 aromatic rings. The van der Waals surface area contributed by atoms with Crippen LogP contribution in [-0.4, -0.2) is 30.3 Å². The summed E-state index contributed by atoms with van der Waals surface area (Å²) in [7, 11) is 1.57. The second-order valence-electron chi connectivity index (χ2n) is 5.20. The van der Waals surface area contributed by atoms with E-state index in [2.05, 4.69) is 5.32 Å². The molecule has 19 heavy (non-hydrogen) atoms. The van der Waals surface area contributed by atoms with Crippen LogP contribution in [0, 0.1) is 0 Å². The van der Waals surface area contributed by atoms with E-state index in [0.717, 1.165) is 25.7 Å². The molecule has 2 rings (SSSR count). The normalized spacial score (nSPS) is 17.8. The number of aliphatic hydroxyl groups is 1. The van der Waals surface area contributed by atoms with Gasteiger partial charge in [-0.15, -0.1) is 0 Å². The lowest BCUT2D eigenvalue weighted by atomic mass is 9.85. The zero-order valence-corrected chi connectivity index (χ0v) is 11.3. The highest BCUT2D eigenvalue weighted by atomic mass is 16.5. The molecule has 0 bridgehead atoms. The SMILES string of the molecule is COc1cccc(C(=O)NCC2(O)CCCCC2)c1. The van der Waals surface area contributed by atoms with E-state index < -0.39 is 5.60 Å². The Balaban J connectivity index is 1.93. The van der Waals surface area contributed by atoms with Crippen molar-refractivity contribution in [1.29, 1.82) is 0 Å². The number of rotatable bonds is 4. The first kappa shape index (κ1) is 13.9. The lowest BCUT2D eigenvalue weighted by molar-refractivity contribution is 0.00525. The van der Waals surface area contributed by atoms with Gasteiger partial charge in [0.2, 0.25) is 0 Å². The number of nitrogens with one attached hydrogen (secondary N) is 1. The molecule has 0 radical (unpaired) electrons. The maximum atomic E-state index is 12.0. The van der Waals surface area contributed by atoms with Crippen LogP contribution < -0.4 is 10.1 Å². The van der Waals surface area contributed by atoms with Gasteiger partial charge in [-0.3, -0.25) is 4.79 Å². The van der Waals surface area contributed by atoms with E-state index in [0.29, 0.717) is 17.9 Å². The average molecular weight is 263 g/mol. The molecule has 1 fully saturated rings. The minimum Gasteiger partial charge on any atom is -0.497 e. The third-order valence-electron chi connectivity index (χ3n) is 3.69. The lowest BCUT2D eigenvalue weighted by Crippen LogP contribution is -2.44. The largest absolute Gasteiger partial charge is 0.497 e. The molecule has 0 unspecified atom stereocenters. The van der Waals surface area contributed by atoms with Gasteiger partial charge in [0.25, 0.3) is 5.91 Å². The van der Waals surface area contributed by atoms with Gasteiger partial charge < -0.3 is 15.2 Å². The first-order valence-electron chi connectivity index (χ1n) is 6.78. The first-order chi connectivity index (χ1) is 9.13. The fraction of sp³-hybridized carbons (Fsp3) is 0.533. The molecule has 1 aliphatic rings. The van der Waals surface area contributed by atoms with E-state index in [1.54, 1.807) is 31.4 Å². The molecule has 1 aromatic carbocycles. The van der Waals surface area contributed by atoms with Gasteiger partial charge >= 0.3 is 0 Å². The number of ether oxygens (including phenoxy) is 1. The van der Waals surface area contributed by atoms with E-state index in [1.165, 1.54) is 6.42 Å². The molecule has 4 heteroatoms. The average Bonchev–Trinajstić information content (AvgIpc) is 2.46. The smallest absolute Gasteiger partial charge is 0.251 e. The van der Waals surface area contributed by atoms with Crippen molar-refractivity contribution in [3.63, 3.8) is 0 Å². The lowest BCUT2D eigenvalue weighted by Gasteiger charge is -2.32. The van der Waals surface area contributed by atoms with Crippen LogP contribution in [0.4, 0.5) is 0 Å². The summed E-state index contributed by atoms with van der Waals surface area (Å²) in [6.45, 7) is 0.322. The molecule has 0 heterocycles. The zero-order chi connectivity index (χ0) is 13.7. The quantitative estimate of drug-likeness (QED) is 0.874. The number of carbonyl (C=O) groups excluding carboxylic acids is 1. The zero-order valence-electron chi connectivity index (χ0n) is 11.3. The molecule has 104 valence electrons. The van der Waals surface area contributed by atoms with Crippen LogP contribution in [-0.2, 0) is 0 Å². The van der Waals surface area contributed by atoms with E-state index in [-0.39, 0.29) is 5.91 Å². The van der Waals surface area contributed by atoms with Crippen LogP contribution in [0.5, 0.6) is 5.75 Å². The highest BCUT2D eigenvalue weighted by Gasteiger charge is 2.29. The minimum absolute atomic E-state index is 0.169. The summed E-state index contributed by atoms with van der Waals surface area (Å²) in [6, 6.07) is 7.01. The number of methoxy groups -OCH3 is 1. The monoisotopic (exact) mass is 263 g/mol. The Labute approximate surface area is 113 Å². The highest BCUT2D eigenvalue weighted by molar-refractivity contribution is 5.94. The van der Waals surface area contributed by atoms with Crippen molar-refractivity contribution in [2.75, 3.05) is 13.7 Å². The van der Waals surface area contributed by atoms with Gasteiger partial charge in [-0.25, -0.2) is 0 Å². The van der Waals surface area contributed by atoms with Crippen molar-refractivity contribution in [2.45, 2.75) is 37.7 Å². The standard InChI is InChI=1S/C15H21NO3/c1-19-13-7-5-6-12(10-13)14(17)16-11-15(18)8-3-2-4-9-15/h5-7,10,18H,2-4,8-9,11H2,1H3,(H,16,17). The molecule has 1 aliphatic carbocycles. The summed E-state index contributed by atoms with van der Waals surface area (Å²) < 4.78 is 5.09. The van der Waals surface area contributed by atoms with Crippen LogP contribution in [0.25, 0.3) is 0 Å². The van der Waals surface area contributed by atoms with E-state index in [9.17, 15) is 9.90 Å². The van der Waals surface area contributed by atoms with Gasteiger partial charge in [0, 0.05) is 12.1 Å². The van der Waals surface area contributed by atoms with Gasteiger partial charge in [0.15, 0.2) is 0 Å². The summed E-state index contributed by atoms with van der Waals surface area (Å²) in [6.07, 6.45) is 4.78. The fourth-order valence-electron chi connectivity index (χ4n) is 2.50. The van der Waals surface area contributed by atoms with Crippen molar-refractivity contribution < 1.29 is 14.6 Å². The molecular formula is C15H21NO3. The second kappa shape index (κ2) is 6.06. The van der Waals surface area contributed by atoms with Gasteiger partial charge in [-0.1, -0.05) is 25.3 Å². The van der Waals surface area contributed by atoms with Gasteiger partial charge in [-0.2, -0.15) is 0 Å². The maximum Gasteiger partial charge on any atom is 0.251 e.